The molecule has 5 nitrogen and oxygen atoms in total. The van der Waals surface area contributed by atoms with Gasteiger partial charge in [0, 0.05) is 30.5 Å². The summed E-state index contributed by atoms with van der Waals surface area (Å²) in [6.07, 6.45) is 5.89. The van der Waals surface area contributed by atoms with Crippen molar-refractivity contribution in [1.29, 1.82) is 0 Å². The van der Waals surface area contributed by atoms with Crippen LogP contribution in [0.25, 0.3) is 0 Å². The van der Waals surface area contributed by atoms with Crippen LogP contribution in [-0.4, -0.2) is 60.0 Å². The molecule has 2 rings (SSSR count). The molecule has 3 N–H and O–H groups in total. The zero-order valence-corrected chi connectivity index (χ0v) is 15.5. The lowest BCUT2D eigenvalue weighted by atomic mass is 9.93. The molecule has 1 aliphatic carbocycles. The number of thioether (sulfide) groups is 1. The second kappa shape index (κ2) is 9.74. The van der Waals surface area contributed by atoms with Gasteiger partial charge in [0.15, 0.2) is 5.96 Å². The molecule has 134 valence electrons. The average Bonchev–Trinajstić information content (AvgIpc) is 2.56. The summed E-state index contributed by atoms with van der Waals surface area (Å²) in [6, 6.07) is 0.431. The van der Waals surface area contributed by atoms with Crippen molar-refractivity contribution < 1.29 is 9.84 Å². The molecule has 2 fully saturated rings. The second-order valence-electron chi connectivity index (χ2n) is 6.57. The predicted octanol–water partition coefficient (Wildman–Crippen LogP) is 2.15. The molecule has 1 heterocycles. The molecule has 0 aromatic rings. The highest BCUT2D eigenvalue weighted by atomic mass is 32.2. The summed E-state index contributed by atoms with van der Waals surface area (Å²) in [5, 5.41) is 16.6. The van der Waals surface area contributed by atoms with Crippen molar-refractivity contribution in [2.24, 2.45) is 4.99 Å². The van der Waals surface area contributed by atoms with Crippen molar-refractivity contribution in [2.75, 3.05) is 32.1 Å². The number of aliphatic hydroxyl groups excluding tert-OH is 1. The molecule has 1 saturated carbocycles. The molecule has 0 aromatic heterocycles. The van der Waals surface area contributed by atoms with E-state index in [0.29, 0.717) is 6.04 Å². The molecular formula is C17H33N3O2S. The Morgan fingerprint density at radius 3 is 2.52 bits per heavy atom. The summed E-state index contributed by atoms with van der Waals surface area (Å²) >= 11 is 2.03. The zero-order valence-electron chi connectivity index (χ0n) is 14.6. The Hall–Kier alpha value is -0.460. The topological polar surface area (TPSA) is 65.9 Å². The highest BCUT2D eigenvalue weighted by Gasteiger charge is 2.32. The van der Waals surface area contributed by atoms with Crippen LogP contribution in [0.4, 0.5) is 0 Å². The monoisotopic (exact) mass is 343 g/mol. The van der Waals surface area contributed by atoms with Gasteiger partial charge in [0.2, 0.25) is 0 Å². The highest BCUT2D eigenvalue weighted by Crippen LogP contribution is 2.35. The molecule has 23 heavy (non-hydrogen) atoms. The number of aliphatic imine (C=N–C) groups is 1. The zero-order chi connectivity index (χ0) is 16.5. The van der Waals surface area contributed by atoms with Crippen LogP contribution in [-0.2, 0) is 4.74 Å². The fourth-order valence-corrected chi connectivity index (χ4v) is 4.58. The van der Waals surface area contributed by atoms with Gasteiger partial charge in [0.25, 0.3) is 0 Å². The quantitative estimate of drug-likeness (QED) is 0.509. The van der Waals surface area contributed by atoms with Gasteiger partial charge in [0.1, 0.15) is 0 Å². The number of nitrogens with zero attached hydrogens (tertiary/aromatic N) is 1. The number of guanidine groups is 1. The molecule has 2 aliphatic rings. The molecule has 0 radical (unpaired) electrons. The van der Waals surface area contributed by atoms with Crippen molar-refractivity contribution in [3.8, 4) is 0 Å². The van der Waals surface area contributed by atoms with Gasteiger partial charge in [0.05, 0.1) is 12.6 Å². The lowest BCUT2D eigenvalue weighted by Gasteiger charge is -2.35. The van der Waals surface area contributed by atoms with Crippen LogP contribution in [0, 0.1) is 0 Å². The van der Waals surface area contributed by atoms with Crippen LogP contribution in [0.5, 0.6) is 0 Å². The van der Waals surface area contributed by atoms with Crippen LogP contribution in [0.15, 0.2) is 4.99 Å². The first kappa shape index (κ1) is 18.9. The van der Waals surface area contributed by atoms with Crippen molar-refractivity contribution >= 4 is 17.7 Å². The van der Waals surface area contributed by atoms with E-state index in [1.165, 1.54) is 0 Å². The van der Waals surface area contributed by atoms with Crippen molar-refractivity contribution in [1.82, 2.24) is 10.6 Å². The minimum Gasteiger partial charge on any atom is -0.393 e. The van der Waals surface area contributed by atoms with Gasteiger partial charge in [-0.25, -0.2) is 0 Å². The van der Waals surface area contributed by atoms with E-state index in [-0.39, 0.29) is 10.9 Å². The summed E-state index contributed by atoms with van der Waals surface area (Å²) < 4.78 is 5.77. The number of hydrogen-bond donors (Lipinski definition) is 3. The smallest absolute Gasteiger partial charge is 0.191 e. The number of rotatable bonds is 6. The van der Waals surface area contributed by atoms with Gasteiger partial charge in [-0.1, -0.05) is 6.92 Å². The second-order valence-corrected chi connectivity index (χ2v) is 8.31. The summed E-state index contributed by atoms with van der Waals surface area (Å²) in [5.74, 6) is 2.05. The van der Waals surface area contributed by atoms with Gasteiger partial charge in [-0.3, -0.25) is 4.99 Å². The largest absolute Gasteiger partial charge is 0.393 e. The molecule has 1 saturated heterocycles. The van der Waals surface area contributed by atoms with Gasteiger partial charge >= 0.3 is 0 Å². The third-order valence-electron chi connectivity index (χ3n) is 4.76. The Morgan fingerprint density at radius 2 is 1.91 bits per heavy atom. The number of ether oxygens (including phenoxy) is 1. The first-order valence-electron chi connectivity index (χ1n) is 9.12. The lowest BCUT2D eigenvalue weighted by Crippen LogP contribution is -2.46. The van der Waals surface area contributed by atoms with Crippen LogP contribution in [0.2, 0.25) is 0 Å². The Labute approximate surface area is 145 Å². The minimum atomic E-state index is -0.112. The van der Waals surface area contributed by atoms with Crippen molar-refractivity contribution in [3.05, 3.63) is 0 Å². The average molecular weight is 344 g/mol. The standard InChI is InChI=1S/C17H33N3O2S/c1-3-18-16(20-14-5-7-15(21)8-6-14)19-13-17(23-4-2)9-11-22-12-10-17/h14-15,21H,3-13H2,1-2H3,(H2,18,19,20). The van der Waals surface area contributed by atoms with E-state index in [4.69, 9.17) is 9.73 Å². The molecule has 0 unspecified atom stereocenters. The molecule has 0 aromatic carbocycles. The Kier molecular flexibility index (Phi) is 7.99. The summed E-state index contributed by atoms with van der Waals surface area (Å²) in [5.41, 5.74) is 0. The Morgan fingerprint density at radius 1 is 1.22 bits per heavy atom. The van der Waals surface area contributed by atoms with Crippen LogP contribution >= 0.6 is 11.8 Å². The fourth-order valence-electron chi connectivity index (χ4n) is 3.35. The van der Waals surface area contributed by atoms with E-state index in [2.05, 4.69) is 24.5 Å². The maximum atomic E-state index is 9.64. The van der Waals surface area contributed by atoms with E-state index in [1.54, 1.807) is 0 Å². The van der Waals surface area contributed by atoms with Crippen molar-refractivity contribution in [3.63, 3.8) is 0 Å². The molecule has 0 atom stereocenters. The van der Waals surface area contributed by atoms with E-state index in [0.717, 1.165) is 76.5 Å². The van der Waals surface area contributed by atoms with Crippen LogP contribution in [0.3, 0.4) is 0 Å². The number of aliphatic hydroxyl groups is 1. The maximum Gasteiger partial charge on any atom is 0.191 e. The first-order chi connectivity index (χ1) is 11.2. The summed E-state index contributed by atoms with van der Waals surface area (Å²) in [4.78, 5) is 4.90. The maximum absolute atomic E-state index is 9.64. The SMILES string of the molecule is CCNC(=NCC1(SCC)CCOCC1)NC1CCC(O)CC1. The van der Waals surface area contributed by atoms with Crippen LogP contribution < -0.4 is 10.6 Å². The molecule has 0 spiro atoms. The highest BCUT2D eigenvalue weighted by molar-refractivity contribution is 8.00. The van der Waals surface area contributed by atoms with Gasteiger partial charge in [-0.15, -0.1) is 0 Å². The lowest BCUT2D eigenvalue weighted by molar-refractivity contribution is 0.0793. The van der Waals surface area contributed by atoms with Gasteiger partial charge in [-0.05, 0) is 51.2 Å². The third kappa shape index (κ3) is 6.16. The minimum absolute atomic E-state index is 0.112. The Balaban J connectivity index is 1.93. The third-order valence-corrected chi connectivity index (χ3v) is 6.20. The van der Waals surface area contributed by atoms with E-state index in [9.17, 15) is 5.11 Å². The molecular weight excluding hydrogens is 310 g/mol. The van der Waals surface area contributed by atoms with E-state index >= 15 is 0 Å². The van der Waals surface area contributed by atoms with Gasteiger partial charge in [-0.2, -0.15) is 11.8 Å². The number of nitrogens with one attached hydrogen (secondary N) is 2. The number of hydrogen-bond acceptors (Lipinski definition) is 4. The van der Waals surface area contributed by atoms with Crippen LogP contribution in [0.1, 0.15) is 52.4 Å². The predicted molar refractivity (Wildman–Crippen MR) is 98.3 cm³/mol. The van der Waals surface area contributed by atoms with E-state index in [1.807, 2.05) is 11.8 Å². The summed E-state index contributed by atoms with van der Waals surface area (Å²) in [6.45, 7) is 7.76. The molecule has 1 aliphatic heterocycles. The first-order valence-corrected chi connectivity index (χ1v) is 10.1. The summed E-state index contributed by atoms with van der Waals surface area (Å²) in [7, 11) is 0. The van der Waals surface area contributed by atoms with Gasteiger partial charge < -0.3 is 20.5 Å². The molecule has 0 bridgehead atoms. The van der Waals surface area contributed by atoms with E-state index < -0.39 is 0 Å². The fraction of sp³-hybridized carbons (Fsp3) is 0.941. The Bertz CT molecular complexity index is 359. The van der Waals surface area contributed by atoms with Crippen molar-refractivity contribution in [2.45, 2.75) is 69.3 Å². The normalized spacial score (nSPS) is 28.4. The molecule has 6 heteroatoms. The molecule has 0 amide bonds.